The van der Waals surface area contributed by atoms with E-state index < -0.39 is 11.8 Å². The molecule has 0 atom stereocenters. The normalized spacial score (nSPS) is 10.2. The molecule has 2 aromatic carbocycles. The highest BCUT2D eigenvalue weighted by molar-refractivity contribution is 6.31. The molecule has 2 N–H and O–H groups in total. The molecule has 0 amide bonds. The minimum Gasteiger partial charge on any atom is -0.487 e. The van der Waals surface area contributed by atoms with Crippen LogP contribution in [-0.4, -0.2) is 13.1 Å². The zero-order chi connectivity index (χ0) is 15.4. The van der Waals surface area contributed by atoms with Crippen molar-refractivity contribution in [1.82, 2.24) is 0 Å². The Morgan fingerprint density at radius 2 is 2.10 bits per heavy atom. The van der Waals surface area contributed by atoms with Crippen LogP contribution in [0.3, 0.4) is 0 Å². The Kier molecular flexibility index (Phi) is 4.65. The molecule has 0 bridgehead atoms. The SMILES string of the molecule is COC(=O)c1ccc(N)c(OCc2cccc(F)c2Cl)c1. The predicted molar refractivity (Wildman–Crippen MR) is 77.9 cm³/mol. The molecule has 0 aliphatic rings. The Bertz CT molecular complexity index is 676. The minimum absolute atomic E-state index is 0.000180. The average Bonchev–Trinajstić information content (AvgIpc) is 2.49. The third-order valence-corrected chi connectivity index (χ3v) is 3.27. The van der Waals surface area contributed by atoms with Crippen LogP contribution in [0.25, 0.3) is 0 Å². The van der Waals surface area contributed by atoms with Gasteiger partial charge in [0.1, 0.15) is 18.2 Å². The van der Waals surface area contributed by atoms with Gasteiger partial charge in [0.2, 0.25) is 0 Å². The summed E-state index contributed by atoms with van der Waals surface area (Å²) in [4.78, 5) is 11.5. The topological polar surface area (TPSA) is 61.5 Å². The highest BCUT2D eigenvalue weighted by Gasteiger charge is 2.11. The monoisotopic (exact) mass is 309 g/mol. The zero-order valence-corrected chi connectivity index (χ0v) is 12.0. The fourth-order valence-corrected chi connectivity index (χ4v) is 1.90. The van der Waals surface area contributed by atoms with Crippen LogP contribution >= 0.6 is 11.6 Å². The van der Waals surface area contributed by atoms with Crippen LogP contribution in [0.4, 0.5) is 10.1 Å². The summed E-state index contributed by atoms with van der Waals surface area (Å²) in [5.41, 5.74) is 6.93. The number of benzene rings is 2. The van der Waals surface area contributed by atoms with Crippen molar-refractivity contribution in [2.24, 2.45) is 0 Å². The molecular formula is C15H13ClFNO3. The van der Waals surface area contributed by atoms with Crippen molar-refractivity contribution in [3.8, 4) is 5.75 Å². The molecule has 0 aliphatic carbocycles. The molecule has 0 spiro atoms. The summed E-state index contributed by atoms with van der Waals surface area (Å²) in [6, 6.07) is 8.98. The molecule has 0 radical (unpaired) electrons. The van der Waals surface area contributed by atoms with E-state index in [9.17, 15) is 9.18 Å². The Balaban J connectivity index is 2.19. The lowest BCUT2D eigenvalue weighted by atomic mass is 10.2. The van der Waals surface area contributed by atoms with E-state index in [0.29, 0.717) is 22.6 Å². The van der Waals surface area contributed by atoms with Gasteiger partial charge in [-0.25, -0.2) is 9.18 Å². The van der Waals surface area contributed by atoms with E-state index in [-0.39, 0.29) is 11.6 Å². The fourth-order valence-electron chi connectivity index (χ4n) is 1.72. The van der Waals surface area contributed by atoms with Crippen molar-refractivity contribution in [2.75, 3.05) is 12.8 Å². The third-order valence-electron chi connectivity index (χ3n) is 2.85. The van der Waals surface area contributed by atoms with Crippen LogP contribution in [0, 0.1) is 5.82 Å². The van der Waals surface area contributed by atoms with Gasteiger partial charge in [-0.15, -0.1) is 0 Å². The Hall–Kier alpha value is -2.27. The molecule has 0 fully saturated rings. The van der Waals surface area contributed by atoms with Crippen LogP contribution in [0.15, 0.2) is 36.4 Å². The summed E-state index contributed by atoms with van der Waals surface area (Å²) in [6.07, 6.45) is 0. The second-order valence-electron chi connectivity index (χ2n) is 4.25. The van der Waals surface area contributed by atoms with Gasteiger partial charge in [0.05, 0.1) is 23.4 Å². The highest BCUT2D eigenvalue weighted by Crippen LogP contribution is 2.26. The first-order valence-electron chi connectivity index (χ1n) is 6.06. The van der Waals surface area contributed by atoms with Gasteiger partial charge in [0.15, 0.2) is 0 Å². The first-order chi connectivity index (χ1) is 10.0. The number of carbonyl (C=O) groups excluding carboxylic acids is 1. The van der Waals surface area contributed by atoms with E-state index in [2.05, 4.69) is 4.74 Å². The summed E-state index contributed by atoms with van der Waals surface area (Å²) in [7, 11) is 1.28. The van der Waals surface area contributed by atoms with Crippen LogP contribution in [0.5, 0.6) is 5.75 Å². The number of nitrogen functional groups attached to an aromatic ring is 1. The van der Waals surface area contributed by atoms with Gasteiger partial charge in [-0.05, 0) is 24.3 Å². The molecule has 21 heavy (non-hydrogen) atoms. The Morgan fingerprint density at radius 1 is 1.33 bits per heavy atom. The van der Waals surface area contributed by atoms with Crippen LogP contribution in [-0.2, 0) is 11.3 Å². The molecule has 4 nitrogen and oxygen atoms in total. The Morgan fingerprint density at radius 3 is 2.81 bits per heavy atom. The van der Waals surface area contributed by atoms with Crippen molar-refractivity contribution in [1.29, 1.82) is 0 Å². The van der Waals surface area contributed by atoms with Crippen molar-refractivity contribution >= 4 is 23.3 Å². The van der Waals surface area contributed by atoms with Gasteiger partial charge in [-0.2, -0.15) is 0 Å². The van der Waals surface area contributed by atoms with Gasteiger partial charge in [-0.1, -0.05) is 23.7 Å². The molecule has 0 unspecified atom stereocenters. The van der Waals surface area contributed by atoms with Gasteiger partial charge in [0, 0.05) is 5.56 Å². The second-order valence-corrected chi connectivity index (χ2v) is 4.62. The third kappa shape index (κ3) is 3.44. The average molecular weight is 310 g/mol. The molecule has 0 aromatic heterocycles. The number of rotatable bonds is 4. The first kappa shape index (κ1) is 15.1. The quantitative estimate of drug-likeness (QED) is 0.694. The number of hydrogen-bond donors (Lipinski definition) is 1. The maximum atomic E-state index is 13.3. The van der Waals surface area contributed by atoms with Gasteiger partial charge in [0.25, 0.3) is 0 Å². The molecule has 0 heterocycles. The zero-order valence-electron chi connectivity index (χ0n) is 11.2. The van der Waals surface area contributed by atoms with Crippen molar-refractivity contribution in [3.05, 3.63) is 58.4 Å². The second kappa shape index (κ2) is 6.45. The first-order valence-corrected chi connectivity index (χ1v) is 6.44. The highest BCUT2D eigenvalue weighted by atomic mass is 35.5. The summed E-state index contributed by atoms with van der Waals surface area (Å²) < 4.78 is 23.5. The number of halogens is 2. The van der Waals surface area contributed by atoms with Gasteiger partial charge >= 0.3 is 5.97 Å². The predicted octanol–water partition coefficient (Wildman–Crippen LogP) is 3.43. The summed E-state index contributed by atoms with van der Waals surface area (Å²) in [5.74, 6) is -0.712. The molecule has 0 aliphatic heterocycles. The number of carbonyl (C=O) groups is 1. The maximum absolute atomic E-state index is 13.3. The number of ether oxygens (including phenoxy) is 2. The minimum atomic E-state index is -0.519. The van der Waals surface area contributed by atoms with Crippen molar-refractivity contribution < 1.29 is 18.7 Å². The molecule has 0 saturated carbocycles. The van der Waals surface area contributed by atoms with Gasteiger partial charge in [-0.3, -0.25) is 0 Å². The van der Waals surface area contributed by atoms with Crippen molar-refractivity contribution in [3.63, 3.8) is 0 Å². The molecular weight excluding hydrogens is 297 g/mol. The number of nitrogens with two attached hydrogens (primary N) is 1. The Labute approximate surface area is 126 Å². The van der Waals surface area contributed by atoms with E-state index in [1.165, 1.54) is 37.4 Å². The van der Waals surface area contributed by atoms with Crippen LogP contribution in [0.2, 0.25) is 5.02 Å². The molecule has 6 heteroatoms. The smallest absolute Gasteiger partial charge is 0.337 e. The number of anilines is 1. The largest absolute Gasteiger partial charge is 0.487 e. The van der Waals surface area contributed by atoms with Crippen LogP contribution < -0.4 is 10.5 Å². The molecule has 2 aromatic rings. The number of esters is 1. The number of hydrogen-bond acceptors (Lipinski definition) is 4. The van der Waals surface area contributed by atoms with E-state index in [1.807, 2.05) is 0 Å². The lowest BCUT2D eigenvalue weighted by Crippen LogP contribution is -2.04. The molecule has 2 rings (SSSR count). The van der Waals surface area contributed by atoms with E-state index in [4.69, 9.17) is 22.1 Å². The molecule has 0 saturated heterocycles. The summed E-state index contributed by atoms with van der Waals surface area (Å²) >= 11 is 5.84. The summed E-state index contributed by atoms with van der Waals surface area (Å²) in [5, 5.41) is 0.000180. The van der Waals surface area contributed by atoms with E-state index in [1.54, 1.807) is 6.07 Å². The fraction of sp³-hybridized carbons (Fsp3) is 0.133. The molecule has 110 valence electrons. The van der Waals surface area contributed by atoms with E-state index >= 15 is 0 Å². The van der Waals surface area contributed by atoms with Crippen LogP contribution in [0.1, 0.15) is 15.9 Å². The maximum Gasteiger partial charge on any atom is 0.337 e. The number of methoxy groups -OCH3 is 1. The lowest BCUT2D eigenvalue weighted by Gasteiger charge is -2.11. The van der Waals surface area contributed by atoms with Crippen molar-refractivity contribution in [2.45, 2.75) is 6.61 Å². The lowest BCUT2D eigenvalue weighted by molar-refractivity contribution is 0.0600. The van der Waals surface area contributed by atoms with Gasteiger partial charge < -0.3 is 15.2 Å². The summed E-state index contributed by atoms with van der Waals surface area (Å²) in [6.45, 7) is 0.0332. The standard InChI is InChI=1S/C15H13ClFNO3/c1-20-15(19)9-5-6-12(18)13(7-9)21-8-10-3-2-4-11(17)14(10)16/h2-7H,8,18H2,1H3. The van der Waals surface area contributed by atoms with E-state index in [0.717, 1.165) is 0 Å².